The van der Waals surface area contributed by atoms with Crippen LogP contribution in [-0.2, 0) is 14.4 Å². The second-order valence-electron chi connectivity index (χ2n) is 6.06. The van der Waals surface area contributed by atoms with Gasteiger partial charge in [0.1, 0.15) is 11.6 Å². The van der Waals surface area contributed by atoms with Gasteiger partial charge in [-0.3, -0.25) is 9.59 Å². The third kappa shape index (κ3) is 4.83. The summed E-state index contributed by atoms with van der Waals surface area (Å²) < 4.78 is 0. The predicted molar refractivity (Wildman–Crippen MR) is 74.0 cm³/mol. The summed E-state index contributed by atoms with van der Waals surface area (Å²) in [5.74, 6) is -1.33. The Bertz CT molecular complexity index is 387. The van der Waals surface area contributed by atoms with Gasteiger partial charge in [-0.05, 0) is 39.5 Å². The molecule has 1 aliphatic rings. The molecule has 1 aliphatic carbocycles. The molecule has 2 amide bonds. The molecule has 1 fully saturated rings. The van der Waals surface area contributed by atoms with Crippen LogP contribution < -0.4 is 10.6 Å². The molecule has 0 aromatic carbocycles. The van der Waals surface area contributed by atoms with Crippen LogP contribution in [-0.4, -0.2) is 34.5 Å². The quantitative estimate of drug-likeness (QED) is 0.679. The van der Waals surface area contributed by atoms with Gasteiger partial charge in [-0.15, -0.1) is 0 Å². The molecule has 0 aliphatic heterocycles. The van der Waals surface area contributed by atoms with Crippen LogP contribution in [0.25, 0.3) is 0 Å². The van der Waals surface area contributed by atoms with Crippen molar-refractivity contribution >= 4 is 17.8 Å². The molecule has 6 heteroatoms. The molecule has 0 spiro atoms. The average molecular weight is 284 g/mol. The molecule has 0 radical (unpaired) electrons. The highest BCUT2D eigenvalue weighted by Crippen LogP contribution is 2.27. The van der Waals surface area contributed by atoms with Gasteiger partial charge in [0.05, 0.1) is 0 Å². The SMILES string of the molecule is CC(NC(=O)CC1CCCC1)C(=O)NC(C)(C)C(=O)O. The van der Waals surface area contributed by atoms with Crippen LogP contribution in [0, 0.1) is 5.92 Å². The molecule has 114 valence electrons. The van der Waals surface area contributed by atoms with Crippen LogP contribution in [0.4, 0.5) is 0 Å². The van der Waals surface area contributed by atoms with E-state index in [0.717, 1.165) is 12.8 Å². The monoisotopic (exact) mass is 284 g/mol. The zero-order valence-corrected chi connectivity index (χ0v) is 12.4. The van der Waals surface area contributed by atoms with Crippen molar-refractivity contribution in [2.24, 2.45) is 5.92 Å². The van der Waals surface area contributed by atoms with Gasteiger partial charge in [0.2, 0.25) is 11.8 Å². The van der Waals surface area contributed by atoms with Crippen molar-refractivity contribution in [3.63, 3.8) is 0 Å². The summed E-state index contributed by atoms with van der Waals surface area (Å²) in [5, 5.41) is 14.0. The van der Waals surface area contributed by atoms with Gasteiger partial charge >= 0.3 is 5.97 Å². The third-order valence-corrected chi connectivity index (χ3v) is 3.69. The summed E-state index contributed by atoms with van der Waals surface area (Å²) in [7, 11) is 0. The number of carbonyl (C=O) groups excluding carboxylic acids is 2. The maximum Gasteiger partial charge on any atom is 0.328 e. The Kier molecular flexibility index (Phi) is 5.53. The van der Waals surface area contributed by atoms with Crippen LogP contribution in [0.3, 0.4) is 0 Å². The van der Waals surface area contributed by atoms with Gasteiger partial charge in [-0.2, -0.15) is 0 Å². The van der Waals surface area contributed by atoms with E-state index >= 15 is 0 Å². The van der Waals surface area contributed by atoms with Crippen LogP contribution in [0.15, 0.2) is 0 Å². The standard InChI is InChI=1S/C14H24N2O4/c1-9(12(18)16-14(2,3)13(19)20)15-11(17)8-10-6-4-5-7-10/h9-10H,4-8H2,1-3H3,(H,15,17)(H,16,18)(H,19,20). The highest BCUT2D eigenvalue weighted by molar-refractivity contribution is 5.91. The summed E-state index contributed by atoms with van der Waals surface area (Å²) in [6, 6.07) is -0.734. The van der Waals surface area contributed by atoms with Gasteiger partial charge in [0.25, 0.3) is 0 Å². The van der Waals surface area contributed by atoms with E-state index in [0.29, 0.717) is 12.3 Å². The number of carboxylic acid groups (broad SMARTS) is 1. The van der Waals surface area contributed by atoms with E-state index in [1.54, 1.807) is 6.92 Å². The predicted octanol–water partition coefficient (Wildman–Crippen LogP) is 1.05. The second kappa shape index (κ2) is 6.72. The normalized spacial score (nSPS) is 17.6. The topological polar surface area (TPSA) is 95.5 Å². The molecule has 1 atom stereocenters. The minimum atomic E-state index is -1.35. The molecule has 1 saturated carbocycles. The summed E-state index contributed by atoms with van der Waals surface area (Å²) in [5.41, 5.74) is -1.35. The van der Waals surface area contributed by atoms with E-state index in [-0.39, 0.29) is 5.91 Å². The van der Waals surface area contributed by atoms with Crippen molar-refractivity contribution < 1.29 is 19.5 Å². The number of nitrogens with one attached hydrogen (secondary N) is 2. The highest BCUT2D eigenvalue weighted by atomic mass is 16.4. The molecule has 20 heavy (non-hydrogen) atoms. The molecule has 0 heterocycles. The summed E-state index contributed by atoms with van der Waals surface area (Å²) >= 11 is 0. The molecule has 1 rings (SSSR count). The van der Waals surface area contributed by atoms with Crippen LogP contribution in [0.1, 0.15) is 52.9 Å². The fourth-order valence-electron chi connectivity index (χ4n) is 2.31. The van der Waals surface area contributed by atoms with Crippen molar-refractivity contribution in [1.29, 1.82) is 0 Å². The first kappa shape index (κ1) is 16.5. The Morgan fingerprint density at radius 1 is 1.25 bits per heavy atom. The Morgan fingerprint density at radius 2 is 1.80 bits per heavy atom. The van der Waals surface area contributed by atoms with E-state index in [1.807, 2.05) is 0 Å². The zero-order valence-electron chi connectivity index (χ0n) is 12.4. The van der Waals surface area contributed by atoms with Gasteiger partial charge in [0, 0.05) is 6.42 Å². The molecule has 0 aromatic rings. The van der Waals surface area contributed by atoms with E-state index in [9.17, 15) is 14.4 Å². The van der Waals surface area contributed by atoms with Gasteiger partial charge in [-0.1, -0.05) is 12.8 Å². The second-order valence-corrected chi connectivity index (χ2v) is 6.06. The van der Waals surface area contributed by atoms with Gasteiger partial charge < -0.3 is 15.7 Å². The number of hydrogen-bond acceptors (Lipinski definition) is 3. The summed E-state index contributed by atoms with van der Waals surface area (Å²) in [4.78, 5) is 34.6. The first-order valence-electron chi connectivity index (χ1n) is 7.07. The van der Waals surface area contributed by atoms with Crippen molar-refractivity contribution in [2.75, 3.05) is 0 Å². The minimum absolute atomic E-state index is 0.146. The summed E-state index contributed by atoms with van der Waals surface area (Å²) in [6.45, 7) is 4.36. The number of amides is 2. The molecular formula is C14H24N2O4. The third-order valence-electron chi connectivity index (χ3n) is 3.69. The van der Waals surface area contributed by atoms with Gasteiger partial charge in [0.15, 0.2) is 0 Å². The summed E-state index contributed by atoms with van der Waals surface area (Å²) in [6.07, 6.45) is 4.92. The largest absolute Gasteiger partial charge is 0.480 e. The fraction of sp³-hybridized carbons (Fsp3) is 0.786. The van der Waals surface area contributed by atoms with Crippen molar-refractivity contribution in [3.8, 4) is 0 Å². The lowest BCUT2D eigenvalue weighted by Gasteiger charge is -2.24. The van der Waals surface area contributed by atoms with Crippen LogP contribution >= 0.6 is 0 Å². The van der Waals surface area contributed by atoms with Crippen LogP contribution in [0.5, 0.6) is 0 Å². The number of rotatable bonds is 6. The van der Waals surface area contributed by atoms with E-state index in [2.05, 4.69) is 10.6 Å². The lowest BCUT2D eigenvalue weighted by atomic mass is 10.0. The molecule has 0 saturated heterocycles. The lowest BCUT2D eigenvalue weighted by Crippen LogP contribution is -2.55. The van der Waals surface area contributed by atoms with Crippen molar-refractivity contribution in [3.05, 3.63) is 0 Å². The van der Waals surface area contributed by atoms with Crippen molar-refractivity contribution in [2.45, 2.75) is 64.5 Å². The fourth-order valence-corrected chi connectivity index (χ4v) is 2.31. The smallest absolute Gasteiger partial charge is 0.328 e. The molecule has 1 unspecified atom stereocenters. The molecule has 6 nitrogen and oxygen atoms in total. The van der Waals surface area contributed by atoms with E-state index < -0.39 is 23.5 Å². The first-order chi connectivity index (χ1) is 9.22. The number of carboxylic acids is 1. The molecule has 3 N–H and O–H groups in total. The maximum absolute atomic E-state index is 11.8. The zero-order chi connectivity index (χ0) is 15.3. The van der Waals surface area contributed by atoms with Gasteiger partial charge in [-0.25, -0.2) is 4.79 Å². The highest BCUT2D eigenvalue weighted by Gasteiger charge is 2.31. The van der Waals surface area contributed by atoms with Crippen molar-refractivity contribution in [1.82, 2.24) is 10.6 Å². The Hall–Kier alpha value is -1.59. The molecule has 0 aromatic heterocycles. The molecular weight excluding hydrogens is 260 g/mol. The minimum Gasteiger partial charge on any atom is -0.480 e. The number of hydrogen-bond donors (Lipinski definition) is 3. The first-order valence-corrected chi connectivity index (χ1v) is 7.07. The number of aliphatic carboxylic acids is 1. The Morgan fingerprint density at radius 3 is 2.30 bits per heavy atom. The maximum atomic E-state index is 11.8. The molecule has 0 bridgehead atoms. The Labute approximate surface area is 119 Å². The average Bonchev–Trinajstić information content (AvgIpc) is 2.80. The van der Waals surface area contributed by atoms with Crippen LogP contribution in [0.2, 0.25) is 0 Å². The van der Waals surface area contributed by atoms with E-state index in [1.165, 1.54) is 26.7 Å². The Balaban J connectivity index is 2.40. The number of carbonyl (C=O) groups is 3. The lowest BCUT2D eigenvalue weighted by molar-refractivity contribution is -0.146. The van der Waals surface area contributed by atoms with E-state index in [4.69, 9.17) is 5.11 Å².